The Hall–Kier alpha value is -1.45. The molecule has 0 amide bonds. The van der Waals surface area contributed by atoms with Crippen LogP contribution in [0.3, 0.4) is 0 Å². The third-order valence-corrected chi connectivity index (χ3v) is 6.33. The van der Waals surface area contributed by atoms with E-state index in [1.165, 1.54) is 10.5 Å². The van der Waals surface area contributed by atoms with Gasteiger partial charge in [0.05, 0.1) is 6.20 Å². The zero-order valence-electron chi connectivity index (χ0n) is 13.6. The van der Waals surface area contributed by atoms with E-state index >= 15 is 0 Å². The zero-order chi connectivity index (χ0) is 17.2. The Morgan fingerprint density at radius 2 is 2.22 bits per heavy atom. The molecule has 2 atom stereocenters. The van der Waals surface area contributed by atoms with Crippen molar-refractivity contribution in [3.05, 3.63) is 12.0 Å². The molecule has 9 heteroatoms. The Morgan fingerprint density at radius 1 is 1.52 bits per heavy atom. The highest BCUT2D eigenvalue weighted by molar-refractivity contribution is 7.89. The maximum absolute atomic E-state index is 12.7. The molecule has 2 heterocycles. The van der Waals surface area contributed by atoms with Crippen LogP contribution in [0.5, 0.6) is 0 Å². The minimum Gasteiger partial charge on any atom is -0.481 e. The lowest BCUT2D eigenvalue weighted by atomic mass is 9.88. The van der Waals surface area contributed by atoms with E-state index in [9.17, 15) is 13.2 Å². The summed E-state index contributed by atoms with van der Waals surface area (Å²) >= 11 is 0. The molecular weight excluding hydrogens is 322 g/mol. The van der Waals surface area contributed by atoms with Crippen LogP contribution in [0.2, 0.25) is 0 Å². The fourth-order valence-electron chi connectivity index (χ4n) is 3.15. The number of aryl methyl sites for hydroxylation is 1. The second kappa shape index (κ2) is 6.98. The van der Waals surface area contributed by atoms with E-state index in [2.05, 4.69) is 5.16 Å². The average molecular weight is 345 g/mol. The maximum Gasteiger partial charge on any atom is 0.303 e. The first-order chi connectivity index (χ1) is 10.7. The molecule has 8 nitrogen and oxygen atoms in total. The molecule has 1 aromatic rings. The molecule has 1 N–H and O–H groups in total. The monoisotopic (exact) mass is 345 g/mol. The van der Waals surface area contributed by atoms with Crippen LogP contribution in [0.15, 0.2) is 15.6 Å². The van der Waals surface area contributed by atoms with Crippen LogP contribution >= 0.6 is 0 Å². The molecule has 0 bridgehead atoms. The van der Waals surface area contributed by atoms with E-state index in [0.29, 0.717) is 25.9 Å². The van der Waals surface area contributed by atoms with Crippen molar-refractivity contribution in [1.82, 2.24) is 14.4 Å². The third kappa shape index (κ3) is 3.91. The summed E-state index contributed by atoms with van der Waals surface area (Å²) in [5.74, 6) is -0.621. The minimum absolute atomic E-state index is 0.0233. The lowest BCUT2D eigenvalue weighted by molar-refractivity contribution is -0.137. The Kier molecular flexibility index (Phi) is 5.43. The lowest BCUT2D eigenvalue weighted by Crippen LogP contribution is -2.50. The Morgan fingerprint density at radius 3 is 2.74 bits per heavy atom. The molecule has 1 aliphatic heterocycles. The van der Waals surface area contributed by atoms with Crippen LogP contribution in [0.25, 0.3) is 0 Å². The van der Waals surface area contributed by atoms with Gasteiger partial charge in [-0.05, 0) is 39.8 Å². The topological polar surface area (TPSA) is 104 Å². The van der Waals surface area contributed by atoms with Gasteiger partial charge in [-0.1, -0.05) is 5.16 Å². The second-order valence-electron chi connectivity index (χ2n) is 6.12. The Balaban J connectivity index is 2.19. The number of carboxylic acid groups (broad SMARTS) is 1. The van der Waals surface area contributed by atoms with Gasteiger partial charge in [0.2, 0.25) is 10.0 Å². The summed E-state index contributed by atoms with van der Waals surface area (Å²) < 4.78 is 31.7. The molecule has 130 valence electrons. The van der Waals surface area contributed by atoms with Crippen molar-refractivity contribution in [2.24, 2.45) is 5.92 Å². The standard InChI is InChI=1S/C14H23N3O5S/c1-10-13(8-15-22-10)23(20,21)17-7-6-12(16(2)3)11(9-17)4-5-14(18)19/h8,11-12H,4-7,9H2,1-3H3,(H,18,19)/t11-,12+/m0/s1. The Bertz CT molecular complexity index is 655. The van der Waals surface area contributed by atoms with Crippen molar-refractivity contribution in [3.8, 4) is 0 Å². The molecule has 1 fully saturated rings. The largest absolute Gasteiger partial charge is 0.481 e. The lowest BCUT2D eigenvalue weighted by Gasteiger charge is -2.40. The smallest absolute Gasteiger partial charge is 0.303 e. The summed E-state index contributed by atoms with van der Waals surface area (Å²) in [5.41, 5.74) is 0. The van der Waals surface area contributed by atoms with Crippen molar-refractivity contribution in [2.75, 3.05) is 27.2 Å². The highest BCUT2D eigenvalue weighted by atomic mass is 32.2. The summed E-state index contributed by atoms with van der Waals surface area (Å²) in [6.45, 7) is 2.27. The number of hydrogen-bond acceptors (Lipinski definition) is 6. The van der Waals surface area contributed by atoms with Crippen molar-refractivity contribution < 1.29 is 22.8 Å². The van der Waals surface area contributed by atoms with E-state index in [4.69, 9.17) is 9.63 Å². The van der Waals surface area contributed by atoms with E-state index in [1.807, 2.05) is 19.0 Å². The normalized spacial score (nSPS) is 23.3. The van der Waals surface area contributed by atoms with E-state index in [1.54, 1.807) is 6.92 Å². The van der Waals surface area contributed by atoms with Crippen molar-refractivity contribution in [1.29, 1.82) is 0 Å². The molecule has 23 heavy (non-hydrogen) atoms. The van der Waals surface area contributed by atoms with Gasteiger partial charge in [-0.3, -0.25) is 4.79 Å². The summed E-state index contributed by atoms with van der Waals surface area (Å²) in [4.78, 5) is 13.0. The molecular formula is C14H23N3O5S. The van der Waals surface area contributed by atoms with Gasteiger partial charge in [-0.15, -0.1) is 0 Å². The first-order valence-corrected chi connectivity index (χ1v) is 8.97. The number of carboxylic acids is 1. The fraction of sp³-hybridized carbons (Fsp3) is 0.714. The van der Waals surface area contributed by atoms with Crippen LogP contribution in [-0.2, 0) is 14.8 Å². The highest BCUT2D eigenvalue weighted by Crippen LogP contribution is 2.29. The fourth-order valence-corrected chi connectivity index (χ4v) is 4.74. The summed E-state index contributed by atoms with van der Waals surface area (Å²) in [6.07, 6.45) is 2.37. The van der Waals surface area contributed by atoms with Gasteiger partial charge >= 0.3 is 5.97 Å². The average Bonchev–Trinajstić information content (AvgIpc) is 2.91. The molecule has 0 spiro atoms. The highest BCUT2D eigenvalue weighted by Gasteiger charge is 2.37. The number of carbonyl (C=O) groups is 1. The molecule has 2 rings (SSSR count). The van der Waals surface area contributed by atoms with Gasteiger partial charge in [0, 0.05) is 25.6 Å². The molecule has 1 aromatic heterocycles. The summed E-state index contributed by atoms with van der Waals surface area (Å²) in [5, 5.41) is 12.5. The van der Waals surface area contributed by atoms with Gasteiger partial charge < -0.3 is 14.5 Å². The van der Waals surface area contributed by atoms with Crippen molar-refractivity contribution >= 4 is 16.0 Å². The number of nitrogens with zero attached hydrogens (tertiary/aromatic N) is 3. The second-order valence-corrected chi connectivity index (χ2v) is 8.03. The van der Waals surface area contributed by atoms with Crippen LogP contribution in [0, 0.1) is 12.8 Å². The van der Waals surface area contributed by atoms with Crippen LogP contribution in [0.1, 0.15) is 25.0 Å². The summed E-state index contributed by atoms with van der Waals surface area (Å²) in [7, 11) is 0.216. The molecule has 0 saturated carbocycles. The predicted molar refractivity (Wildman–Crippen MR) is 82.5 cm³/mol. The molecule has 1 aliphatic rings. The molecule has 0 aromatic carbocycles. The van der Waals surface area contributed by atoms with Crippen molar-refractivity contribution in [3.63, 3.8) is 0 Å². The van der Waals surface area contributed by atoms with Gasteiger partial charge in [-0.2, -0.15) is 4.31 Å². The molecule has 1 saturated heterocycles. The van der Waals surface area contributed by atoms with E-state index < -0.39 is 16.0 Å². The molecule has 0 radical (unpaired) electrons. The van der Waals surface area contributed by atoms with E-state index in [0.717, 1.165) is 0 Å². The zero-order valence-corrected chi connectivity index (χ0v) is 14.4. The number of aromatic nitrogens is 1. The van der Waals surface area contributed by atoms with Gasteiger partial charge in [0.1, 0.15) is 4.90 Å². The number of hydrogen-bond donors (Lipinski definition) is 1. The SMILES string of the molecule is Cc1oncc1S(=O)(=O)N1CC[C@@H](N(C)C)[C@@H](CCC(=O)O)C1. The third-order valence-electron chi connectivity index (χ3n) is 4.37. The number of piperidine rings is 1. The molecule has 0 aliphatic carbocycles. The first-order valence-electron chi connectivity index (χ1n) is 7.53. The van der Waals surface area contributed by atoms with Crippen LogP contribution < -0.4 is 0 Å². The first kappa shape index (κ1) is 17.9. The number of sulfonamides is 1. The van der Waals surface area contributed by atoms with Gasteiger partial charge in [-0.25, -0.2) is 8.42 Å². The number of rotatable bonds is 6. The van der Waals surface area contributed by atoms with Crippen LogP contribution in [-0.4, -0.2) is 67.1 Å². The quantitative estimate of drug-likeness (QED) is 0.813. The van der Waals surface area contributed by atoms with Crippen molar-refractivity contribution in [2.45, 2.75) is 37.1 Å². The van der Waals surface area contributed by atoms with Crippen LogP contribution in [0.4, 0.5) is 0 Å². The maximum atomic E-state index is 12.7. The summed E-state index contributed by atoms with van der Waals surface area (Å²) in [6, 6.07) is 0.171. The predicted octanol–water partition coefficient (Wildman–Crippen LogP) is 0.789. The minimum atomic E-state index is -3.66. The number of aliphatic carboxylic acids is 1. The Labute approximate surface area is 136 Å². The molecule has 0 unspecified atom stereocenters. The van der Waals surface area contributed by atoms with E-state index in [-0.39, 0.29) is 29.0 Å². The van der Waals surface area contributed by atoms with Gasteiger partial charge in [0.25, 0.3) is 0 Å². The van der Waals surface area contributed by atoms with Gasteiger partial charge in [0.15, 0.2) is 5.76 Å².